The number of nitrogens with zero attached hydrogens (tertiary/aromatic N) is 5. The third-order valence-electron chi connectivity index (χ3n) is 4.57. The second-order valence-electron chi connectivity index (χ2n) is 6.26. The van der Waals surface area contributed by atoms with Crippen LogP contribution in [0.1, 0.15) is 27.6 Å². The van der Waals surface area contributed by atoms with Gasteiger partial charge in [-0.05, 0) is 42.8 Å². The van der Waals surface area contributed by atoms with E-state index in [2.05, 4.69) is 10.0 Å². The maximum absolute atomic E-state index is 12.6. The maximum Gasteiger partial charge on any atom is 0.338 e. The summed E-state index contributed by atoms with van der Waals surface area (Å²) in [5.74, 6) is -0.449. The highest BCUT2D eigenvalue weighted by atomic mass is 16.5. The third kappa shape index (κ3) is 4.24. The number of anilines is 1. The Bertz CT molecular complexity index is 901. The van der Waals surface area contributed by atoms with Crippen molar-refractivity contribution in [3.05, 3.63) is 70.1 Å². The molecule has 144 valence electrons. The molecule has 28 heavy (non-hydrogen) atoms. The predicted octanol–water partition coefficient (Wildman–Crippen LogP) is 3.77. The highest BCUT2D eigenvalue weighted by Gasteiger charge is 2.23. The zero-order valence-electron chi connectivity index (χ0n) is 15.6. The summed E-state index contributed by atoms with van der Waals surface area (Å²) in [6.45, 7) is 4.33. The molecule has 0 N–H and O–H groups in total. The summed E-state index contributed by atoms with van der Waals surface area (Å²) in [4.78, 5) is 31.2. The average Bonchev–Trinajstić information content (AvgIpc) is 2.74. The molecule has 2 aromatic carbocycles. The number of piperazine rings is 1. The van der Waals surface area contributed by atoms with Gasteiger partial charge in [-0.2, -0.15) is 0 Å². The molecule has 0 aromatic heterocycles. The van der Waals surface area contributed by atoms with Crippen LogP contribution in [0.15, 0.2) is 53.6 Å². The van der Waals surface area contributed by atoms with Crippen molar-refractivity contribution in [2.75, 3.05) is 37.7 Å². The van der Waals surface area contributed by atoms with Gasteiger partial charge in [0.1, 0.15) is 0 Å². The topological polar surface area (TPSA) is 98.6 Å². The molecule has 1 amide bonds. The van der Waals surface area contributed by atoms with Gasteiger partial charge < -0.3 is 14.5 Å². The van der Waals surface area contributed by atoms with E-state index in [0.717, 1.165) is 5.69 Å². The van der Waals surface area contributed by atoms with Crippen molar-refractivity contribution in [3.63, 3.8) is 0 Å². The molecule has 2 aromatic rings. The van der Waals surface area contributed by atoms with Crippen LogP contribution in [0.2, 0.25) is 0 Å². The second kappa shape index (κ2) is 8.92. The molecule has 0 unspecified atom stereocenters. The minimum Gasteiger partial charge on any atom is -0.462 e. The van der Waals surface area contributed by atoms with Crippen molar-refractivity contribution in [1.82, 2.24) is 4.90 Å². The quantitative estimate of drug-likeness (QED) is 0.342. The van der Waals surface area contributed by atoms with Crippen LogP contribution in [0.25, 0.3) is 10.4 Å². The van der Waals surface area contributed by atoms with E-state index in [1.54, 1.807) is 19.1 Å². The maximum atomic E-state index is 12.6. The molecule has 0 aliphatic carbocycles. The van der Waals surface area contributed by atoms with Crippen LogP contribution < -0.4 is 4.90 Å². The number of esters is 1. The Morgan fingerprint density at radius 1 is 1.07 bits per heavy atom. The van der Waals surface area contributed by atoms with E-state index < -0.39 is 5.97 Å². The first kappa shape index (κ1) is 19.3. The number of rotatable bonds is 5. The number of ether oxygens (including phenoxy) is 1. The monoisotopic (exact) mass is 379 g/mol. The summed E-state index contributed by atoms with van der Waals surface area (Å²) >= 11 is 0. The number of amides is 1. The first-order valence-electron chi connectivity index (χ1n) is 9.09. The van der Waals surface area contributed by atoms with Gasteiger partial charge in [-0.3, -0.25) is 4.79 Å². The minimum atomic E-state index is -0.457. The third-order valence-corrected chi connectivity index (χ3v) is 4.57. The zero-order chi connectivity index (χ0) is 19.9. The van der Waals surface area contributed by atoms with Crippen LogP contribution in [0.5, 0.6) is 0 Å². The minimum absolute atomic E-state index is 0.00757. The van der Waals surface area contributed by atoms with Crippen molar-refractivity contribution < 1.29 is 14.3 Å². The number of benzene rings is 2. The van der Waals surface area contributed by atoms with Crippen LogP contribution in [0, 0.1) is 0 Å². The van der Waals surface area contributed by atoms with Gasteiger partial charge in [-0.25, -0.2) is 4.79 Å². The number of carbonyl (C=O) groups is 2. The van der Waals surface area contributed by atoms with E-state index in [0.29, 0.717) is 43.0 Å². The van der Waals surface area contributed by atoms with Gasteiger partial charge in [0.25, 0.3) is 5.91 Å². The van der Waals surface area contributed by atoms with E-state index in [-0.39, 0.29) is 12.5 Å². The lowest BCUT2D eigenvalue weighted by atomic mass is 10.1. The fourth-order valence-electron chi connectivity index (χ4n) is 3.17. The van der Waals surface area contributed by atoms with Gasteiger partial charge >= 0.3 is 5.97 Å². The lowest BCUT2D eigenvalue weighted by molar-refractivity contribution is 0.0526. The van der Waals surface area contributed by atoms with E-state index in [1.165, 1.54) is 6.07 Å². The summed E-state index contributed by atoms with van der Waals surface area (Å²) in [7, 11) is 0. The van der Waals surface area contributed by atoms with Crippen molar-refractivity contribution in [3.8, 4) is 0 Å². The normalized spacial score (nSPS) is 13.6. The zero-order valence-corrected chi connectivity index (χ0v) is 15.6. The van der Waals surface area contributed by atoms with E-state index in [4.69, 9.17) is 10.3 Å². The number of carbonyl (C=O) groups excluding carboxylic acids is 2. The lowest BCUT2D eigenvalue weighted by Gasteiger charge is -2.36. The second-order valence-corrected chi connectivity index (χ2v) is 6.26. The molecule has 8 nitrogen and oxygen atoms in total. The molecule has 1 aliphatic heterocycles. The van der Waals surface area contributed by atoms with E-state index in [1.807, 2.05) is 40.1 Å². The molecule has 1 saturated heterocycles. The average molecular weight is 379 g/mol. The molecular weight excluding hydrogens is 358 g/mol. The Kier molecular flexibility index (Phi) is 6.14. The summed E-state index contributed by atoms with van der Waals surface area (Å²) < 4.78 is 5.00. The fourth-order valence-corrected chi connectivity index (χ4v) is 3.17. The van der Waals surface area contributed by atoms with Crippen LogP contribution in [-0.2, 0) is 4.74 Å². The molecular formula is C20H21N5O3. The Morgan fingerprint density at radius 3 is 2.43 bits per heavy atom. The van der Waals surface area contributed by atoms with Crippen LogP contribution in [-0.4, -0.2) is 49.6 Å². The summed E-state index contributed by atoms with van der Waals surface area (Å²) in [6.07, 6.45) is 0. The standard InChI is InChI=1S/C20H21N5O3/c1-2-28-20(27)16-8-9-18(17(14-16)22-23-21)24-10-12-25(13-11-24)19(26)15-6-4-3-5-7-15/h3-9,14H,2,10-13H2,1H3. The molecule has 3 rings (SSSR count). The lowest BCUT2D eigenvalue weighted by Crippen LogP contribution is -2.48. The number of hydrogen-bond donors (Lipinski definition) is 0. The predicted molar refractivity (Wildman–Crippen MR) is 106 cm³/mol. The summed E-state index contributed by atoms with van der Waals surface area (Å²) in [5, 5.41) is 3.74. The van der Waals surface area contributed by atoms with Gasteiger partial charge in [0.2, 0.25) is 0 Å². The largest absolute Gasteiger partial charge is 0.462 e. The Balaban J connectivity index is 1.73. The van der Waals surface area contributed by atoms with Crippen molar-refractivity contribution >= 4 is 23.3 Å². The van der Waals surface area contributed by atoms with E-state index in [9.17, 15) is 9.59 Å². The first-order valence-corrected chi connectivity index (χ1v) is 9.09. The first-order chi connectivity index (χ1) is 13.6. The SMILES string of the molecule is CCOC(=O)c1ccc(N2CCN(C(=O)c3ccccc3)CC2)c(N=[N+]=[N-])c1. The number of azide groups is 1. The van der Waals surface area contributed by atoms with Gasteiger partial charge in [0, 0.05) is 42.3 Å². The van der Waals surface area contributed by atoms with Gasteiger partial charge in [-0.1, -0.05) is 23.3 Å². The van der Waals surface area contributed by atoms with Crippen LogP contribution in [0.4, 0.5) is 11.4 Å². The Labute approximate surface area is 162 Å². The molecule has 0 atom stereocenters. The van der Waals surface area contributed by atoms with Gasteiger partial charge in [-0.15, -0.1) is 0 Å². The van der Waals surface area contributed by atoms with Gasteiger partial charge in [0.05, 0.1) is 17.9 Å². The number of hydrogen-bond acceptors (Lipinski definition) is 5. The highest BCUT2D eigenvalue weighted by Crippen LogP contribution is 2.31. The van der Waals surface area contributed by atoms with Gasteiger partial charge in [0.15, 0.2) is 0 Å². The Morgan fingerprint density at radius 2 is 1.79 bits per heavy atom. The molecule has 8 heteroatoms. The Hall–Kier alpha value is -3.51. The molecule has 0 radical (unpaired) electrons. The van der Waals surface area contributed by atoms with Crippen molar-refractivity contribution in [2.45, 2.75) is 6.92 Å². The molecule has 1 fully saturated rings. The summed E-state index contributed by atoms with van der Waals surface area (Å²) in [6, 6.07) is 14.1. The molecule has 1 heterocycles. The smallest absolute Gasteiger partial charge is 0.338 e. The van der Waals surface area contributed by atoms with Crippen LogP contribution >= 0.6 is 0 Å². The highest BCUT2D eigenvalue weighted by molar-refractivity contribution is 5.94. The fraction of sp³-hybridized carbons (Fsp3) is 0.300. The van der Waals surface area contributed by atoms with Crippen molar-refractivity contribution in [1.29, 1.82) is 0 Å². The molecule has 0 spiro atoms. The van der Waals surface area contributed by atoms with E-state index >= 15 is 0 Å². The summed E-state index contributed by atoms with van der Waals surface area (Å²) in [5.41, 5.74) is 11.0. The molecule has 1 aliphatic rings. The molecule has 0 bridgehead atoms. The van der Waals surface area contributed by atoms with Crippen LogP contribution in [0.3, 0.4) is 0 Å². The molecule has 0 saturated carbocycles. The van der Waals surface area contributed by atoms with Crippen molar-refractivity contribution in [2.24, 2.45) is 5.11 Å².